The molecular weight excluding hydrogens is 281 g/mol. The summed E-state index contributed by atoms with van der Waals surface area (Å²) < 4.78 is 39.1. The topological polar surface area (TPSA) is 66.4 Å². The third kappa shape index (κ3) is 4.20. The number of halogens is 2. The highest BCUT2D eigenvalue weighted by Crippen LogP contribution is 2.22. The van der Waals surface area contributed by atoms with E-state index >= 15 is 0 Å². The Morgan fingerprint density at radius 2 is 2.06 bits per heavy atom. The summed E-state index contributed by atoms with van der Waals surface area (Å²) in [6, 6.07) is 2.63. The van der Waals surface area contributed by atoms with Gasteiger partial charge in [0, 0.05) is 6.04 Å². The van der Waals surface area contributed by atoms with Crippen LogP contribution in [0.3, 0.4) is 0 Å². The Morgan fingerprint density at radius 3 is 2.56 bits per heavy atom. The molecule has 4 nitrogen and oxygen atoms in total. The number of aliphatic hydroxyl groups is 1. The first kappa shape index (κ1) is 15.4. The Kier molecular flexibility index (Phi) is 5.10. The number of rotatable bonds is 5. The van der Waals surface area contributed by atoms with Crippen LogP contribution in [0.5, 0.6) is 0 Å². The zero-order chi connectivity index (χ0) is 13.9. The molecule has 0 heterocycles. The lowest BCUT2D eigenvalue weighted by Crippen LogP contribution is -2.34. The van der Waals surface area contributed by atoms with Gasteiger partial charge in [-0.2, -0.15) is 0 Å². The maximum absolute atomic E-state index is 12.8. The van der Waals surface area contributed by atoms with Crippen LogP contribution in [-0.4, -0.2) is 25.7 Å². The van der Waals surface area contributed by atoms with E-state index in [1.165, 1.54) is 0 Å². The Morgan fingerprint density at radius 1 is 1.44 bits per heavy atom. The Balaban J connectivity index is 2.93. The van der Waals surface area contributed by atoms with E-state index in [-0.39, 0.29) is 16.3 Å². The summed E-state index contributed by atoms with van der Waals surface area (Å²) in [4.78, 5) is -0.178. The molecule has 1 aromatic carbocycles. The van der Waals surface area contributed by atoms with Crippen LogP contribution in [0.1, 0.15) is 20.3 Å². The first-order valence-corrected chi connectivity index (χ1v) is 7.24. The molecule has 0 aliphatic carbocycles. The largest absolute Gasteiger partial charge is 0.393 e. The van der Waals surface area contributed by atoms with Crippen molar-refractivity contribution in [2.45, 2.75) is 37.3 Å². The first-order chi connectivity index (χ1) is 8.22. The summed E-state index contributed by atoms with van der Waals surface area (Å²) in [7, 11) is -3.81. The van der Waals surface area contributed by atoms with Crippen LogP contribution in [0.2, 0.25) is 5.02 Å². The van der Waals surface area contributed by atoms with E-state index in [2.05, 4.69) is 4.72 Å². The Hall–Kier alpha value is -0.690. The maximum atomic E-state index is 12.8. The van der Waals surface area contributed by atoms with Crippen molar-refractivity contribution in [1.29, 1.82) is 0 Å². The molecule has 0 aromatic heterocycles. The highest BCUT2D eigenvalue weighted by atomic mass is 35.5. The highest BCUT2D eigenvalue weighted by molar-refractivity contribution is 7.89. The second-order valence-corrected chi connectivity index (χ2v) is 6.27. The molecule has 1 aromatic rings. The molecule has 18 heavy (non-hydrogen) atoms. The predicted octanol–water partition coefficient (Wildman–Crippen LogP) is 1.92. The standard InChI is InChI=1S/C11H15ClFNO3S/c1-7(5-8(2)15)14-18(16,17)11-4-3-9(13)6-10(11)12/h3-4,6-8,14-15H,5H2,1-2H3. The summed E-state index contributed by atoms with van der Waals surface area (Å²) in [5, 5.41) is 9.00. The smallest absolute Gasteiger partial charge is 0.242 e. The summed E-state index contributed by atoms with van der Waals surface area (Å²) >= 11 is 5.69. The molecule has 1 rings (SSSR count). The van der Waals surface area contributed by atoms with Crippen LogP contribution >= 0.6 is 11.6 Å². The Labute approximate surface area is 111 Å². The van der Waals surface area contributed by atoms with E-state index in [1.54, 1.807) is 13.8 Å². The van der Waals surface area contributed by atoms with Crippen LogP contribution in [0.15, 0.2) is 23.1 Å². The van der Waals surface area contributed by atoms with Crippen LogP contribution in [0.4, 0.5) is 4.39 Å². The number of benzene rings is 1. The molecule has 0 bridgehead atoms. The fourth-order valence-corrected chi connectivity index (χ4v) is 3.37. The highest BCUT2D eigenvalue weighted by Gasteiger charge is 2.21. The van der Waals surface area contributed by atoms with Gasteiger partial charge < -0.3 is 5.11 Å². The lowest BCUT2D eigenvalue weighted by molar-refractivity contribution is 0.175. The van der Waals surface area contributed by atoms with Gasteiger partial charge in [-0.05, 0) is 38.5 Å². The zero-order valence-corrected chi connectivity index (χ0v) is 11.6. The molecule has 0 fully saturated rings. The monoisotopic (exact) mass is 295 g/mol. The molecule has 0 radical (unpaired) electrons. The third-order valence-corrected chi connectivity index (χ3v) is 4.31. The van der Waals surface area contributed by atoms with Crippen molar-refractivity contribution in [3.05, 3.63) is 29.0 Å². The molecule has 0 saturated heterocycles. The third-order valence-electron chi connectivity index (χ3n) is 2.23. The van der Waals surface area contributed by atoms with Gasteiger partial charge in [0.25, 0.3) is 0 Å². The second-order valence-electron chi connectivity index (χ2n) is 4.18. The van der Waals surface area contributed by atoms with Gasteiger partial charge in [0.1, 0.15) is 10.7 Å². The van der Waals surface area contributed by atoms with Crippen molar-refractivity contribution >= 4 is 21.6 Å². The molecule has 0 aliphatic rings. The van der Waals surface area contributed by atoms with Crippen molar-refractivity contribution in [3.8, 4) is 0 Å². The van der Waals surface area contributed by atoms with E-state index < -0.39 is 28.0 Å². The fourth-order valence-electron chi connectivity index (χ4n) is 1.58. The van der Waals surface area contributed by atoms with Gasteiger partial charge in [0.2, 0.25) is 10.0 Å². The number of hydrogen-bond acceptors (Lipinski definition) is 3. The van der Waals surface area contributed by atoms with E-state index in [1.807, 2.05) is 0 Å². The molecular formula is C11H15ClFNO3S. The van der Waals surface area contributed by atoms with Crippen molar-refractivity contribution in [2.75, 3.05) is 0 Å². The van der Waals surface area contributed by atoms with Crippen molar-refractivity contribution in [2.24, 2.45) is 0 Å². The quantitative estimate of drug-likeness (QED) is 0.872. The predicted molar refractivity (Wildman–Crippen MR) is 67.5 cm³/mol. The minimum absolute atomic E-state index is 0.174. The first-order valence-electron chi connectivity index (χ1n) is 5.38. The lowest BCUT2D eigenvalue weighted by Gasteiger charge is -2.16. The Bertz CT molecular complexity index is 519. The van der Waals surface area contributed by atoms with Gasteiger partial charge in [-0.1, -0.05) is 11.6 Å². The fraction of sp³-hybridized carbons (Fsp3) is 0.455. The summed E-state index contributed by atoms with van der Waals surface area (Å²) in [5.41, 5.74) is 0. The number of hydrogen-bond donors (Lipinski definition) is 2. The van der Waals surface area contributed by atoms with Gasteiger partial charge in [-0.3, -0.25) is 0 Å². The number of aliphatic hydroxyl groups excluding tert-OH is 1. The van der Waals surface area contributed by atoms with Crippen molar-refractivity contribution in [1.82, 2.24) is 4.72 Å². The number of nitrogens with one attached hydrogen (secondary N) is 1. The lowest BCUT2D eigenvalue weighted by atomic mass is 10.2. The van der Waals surface area contributed by atoms with Crippen LogP contribution in [0.25, 0.3) is 0 Å². The SMILES string of the molecule is CC(O)CC(C)NS(=O)(=O)c1ccc(F)cc1Cl. The van der Waals surface area contributed by atoms with Gasteiger partial charge in [0.05, 0.1) is 11.1 Å². The summed E-state index contributed by atoms with van der Waals surface area (Å²) in [6.45, 7) is 3.19. The molecule has 2 N–H and O–H groups in total. The molecule has 0 spiro atoms. The molecule has 2 atom stereocenters. The second kappa shape index (κ2) is 5.97. The van der Waals surface area contributed by atoms with Crippen LogP contribution in [-0.2, 0) is 10.0 Å². The molecule has 2 unspecified atom stereocenters. The van der Waals surface area contributed by atoms with Crippen LogP contribution < -0.4 is 4.72 Å². The minimum Gasteiger partial charge on any atom is -0.393 e. The molecule has 0 aliphatic heterocycles. The van der Waals surface area contributed by atoms with E-state index in [4.69, 9.17) is 11.6 Å². The number of sulfonamides is 1. The van der Waals surface area contributed by atoms with E-state index in [0.29, 0.717) is 0 Å². The molecule has 0 saturated carbocycles. The van der Waals surface area contributed by atoms with E-state index in [9.17, 15) is 17.9 Å². The van der Waals surface area contributed by atoms with Crippen molar-refractivity contribution in [3.63, 3.8) is 0 Å². The molecule has 102 valence electrons. The molecule has 7 heteroatoms. The summed E-state index contributed by atoms with van der Waals surface area (Å²) in [5.74, 6) is -0.601. The zero-order valence-electron chi connectivity index (χ0n) is 10.0. The normalized spacial score (nSPS) is 15.4. The summed E-state index contributed by atoms with van der Waals surface area (Å²) in [6.07, 6.45) is -0.343. The van der Waals surface area contributed by atoms with E-state index in [0.717, 1.165) is 18.2 Å². The minimum atomic E-state index is -3.81. The average molecular weight is 296 g/mol. The van der Waals surface area contributed by atoms with Gasteiger partial charge >= 0.3 is 0 Å². The van der Waals surface area contributed by atoms with Gasteiger partial charge in [-0.15, -0.1) is 0 Å². The average Bonchev–Trinajstić information content (AvgIpc) is 2.13. The van der Waals surface area contributed by atoms with Gasteiger partial charge in [0.15, 0.2) is 0 Å². The molecule has 0 amide bonds. The van der Waals surface area contributed by atoms with Gasteiger partial charge in [-0.25, -0.2) is 17.5 Å². The maximum Gasteiger partial charge on any atom is 0.242 e. The van der Waals surface area contributed by atoms with Crippen molar-refractivity contribution < 1.29 is 17.9 Å². The van der Waals surface area contributed by atoms with Crippen LogP contribution in [0, 0.1) is 5.82 Å².